The van der Waals surface area contributed by atoms with E-state index >= 15 is 0 Å². The molecule has 2 aromatic carbocycles. The number of amides is 4. The van der Waals surface area contributed by atoms with E-state index in [4.69, 9.17) is 0 Å². The summed E-state index contributed by atoms with van der Waals surface area (Å²) in [6, 6.07) is 8.48. The maximum atomic E-state index is 13.3. The summed E-state index contributed by atoms with van der Waals surface area (Å²) in [4.78, 5) is 76.1. The SMILES string of the molecule is CC(=O)c1ccccc1NC(=O)/C=C/C(=O)NC(C(=O)N[C@@H]1C(=O)N2[C@@H]1SC(C)(C)[C@@H]2C(=O)O)c1ccc(O)cc1. The number of nitrogens with one attached hydrogen (secondary N) is 3. The van der Waals surface area contributed by atoms with Crippen molar-refractivity contribution in [1.29, 1.82) is 0 Å². The molecule has 4 atom stereocenters. The number of thioether (sulfide) groups is 1. The highest BCUT2D eigenvalue weighted by molar-refractivity contribution is 8.01. The topological polar surface area (TPSA) is 182 Å². The molecule has 5 N–H and O–H groups in total. The Morgan fingerprint density at radius 3 is 2.27 bits per heavy atom. The third kappa shape index (κ3) is 6.09. The summed E-state index contributed by atoms with van der Waals surface area (Å²) in [5.74, 6) is -4.25. The maximum absolute atomic E-state index is 13.3. The van der Waals surface area contributed by atoms with E-state index in [1.54, 1.807) is 38.1 Å². The number of nitrogens with zero attached hydrogens (tertiary/aromatic N) is 1. The number of phenolic OH excluding ortho intramolecular Hbond substituents is 1. The van der Waals surface area contributed by atoms with E-state index in [-0.39, 0.29) is 22.8 Å². The predicted molar refractivity (Wildman–Crippen MR) is 149 cm³/mol. The Balaban J connectivity index is 1.47. The van der Waals surface area contributed by atoms with Crippen molar-refractivity contribution in [3.63, 3.8) is 0 Å². The van der Waals surface area contributed by atoms with Gasteiger partial charge in [-0.15, -0.1) is 11.8 Å². The molecule has 12 nitrogen and oxygen atoms in total. The molecule has 4 amide bonds. The van der Waals surface area contributed by atoms with E-state index in [2.05, 4.69) is 16.0 Å². The molecule has 0 spiro atoms. The molecule has 0 aliphatic carbocycles. The van der Waals surface area contributed by atoms with Crippen LogP contribution in [0, 0.1) is 0 Å². The quantitative estimate of drug-likeness (QED) is 0.167. The average molecular weight is 581 g/mol. The summed E-state index contributed by atoms with van der Waals surface area (Å²) in [6.07, 6.45) is 1.85. The van der Waals surface area contributed by atoms with Crippen molar-refractivity contribution >= 4 is 52.8 Å². The van der Waals surface area contributed by atoms with E-state index < -0.39 is 57.8 Å². The van der Waals surface area contributed by atoms with Crippen LogP contribution in [0.2, 0.25) is 0 Å². The van der Waals surface area contributed by atoms with Crippen LogP contribution >= 0.6 is 11.8 Å². The fraction of sp³-hybridized carbons (Fsp3) is 0.286. The van der Waals surface area contributed by atoms with Gasteiger partial charge in [-0.1, -0.05) is 24.3 Å². The molecule has 4 rings (SSSR count). The molecular weight excluding hydrogens is 552 g/mol. The van der Waals surface area contributed by atoms with E-state index in [0.717, 1.165) is 12.2 Å². The van der Waals surface area contributed by atoms with Crippen molar-refractivity contribution in [2.24, 2.45) is 0 Å². The zero-order valence-corrected chi connectivity index (χ0v) is 23.1. The number of hydrogen-bond donors (Lipinski definition) is 5. The van der Waals surface area contributed by atoms with Crippen LogP contribution in [-0.4, -0.2) is 72.7 Å². The van der Waals surface area contributed by atoms with Crippen LogP contribution in [-0.2, 0) is 24.0 Å². The number of ketones is 1. The Kier molecular flexibility index (Phi) is 8.19. The van der Waals surface area contributed by atoms with Crippen molar-refractivity contribution in [1.82, 2.24) is 15.5 Å². The number of para-hydroxylation sites is 1. The van der Waals surface area contributed by atoms with Crippen LogP contribution in [0.3, 0.4) is 0 Å². The summed E-state index contributed by atoms with van der Waals surface area (Å²) in [7, 11) is 0. The monoisotopic (exact) mass is 580 g/mol. The van der Waals surface area contributed by atoms with Gasteiger partial charge in [0.05, 0.1) is 5.69 Å². The molecule has 214 valence electrons. The second-order valence-corrected chi connectivity index (χ2v) is 11.8. The van der Waals surface area contributed by atoms with Gasteiger partial charge in [-0.2, -0.15) is 0 Å². The number of benzene rings is 2. The number of carbonyl (C=O) groups excluding carboxylic acids is 5. The number of carboxylic acid groups (broad SMARTS) is 1. The Morgan fingerprint density at radius 2 is 1.63 bits per heavy atom. The summed E-state index contributed by atoms with van der Waals surface area (Å²) < 4.78 is -0.785. The van der Waals surface area contributed by atoms with E-state index in [9.17, 15) is 39.0 Å². The molecule has 13 heteroatoms. The second kappa shape index (κ2) is 11.5. The molecule has 2 aromatic rings. The Labute approximate surface area is 239 Å². The van der Waals surface area contributed by atoms with Gasteiger partial charge >= 0.3 is 5.97 Å². The van der Waals surface area contributed by atoms with Gasteiger partial charge in [0.2, 0.25) is 23.6 Å². The first-order chi connectivity index (χ1) is 19.3. The van der Waals surface area contributed by atoms with Crippen LogP contribution in [0.5, 0.6) is 5.75 Å². The molecule has 0 saturated carbocycles. The van der Waals surface area contributed by atoms with Crippen molar-refractivity contribution < 1.29 is 39.0 Å². The molecule has 2 aliphatic rings. The number of aliphatic carboxylic acids is 1. The van der Waals surface area contributed by atoms with E-state index in [1.807, 2.05) is 0 Å². The standard InChI is InChI=1S/C28H28N4O8S/c1-14(33)17-6-4-5-7-18(17)29-19(35)12-13-20(36)30-21(15-8-10-16(34)11-9-15)24(37)31-22-25(38)32-23(27(39)40)28(2,3)41-26(22)32/h4-13,21-23,26,34H,1-3H3,(H,29,35)(H,30,36)(H,31,37)(H,39,40)/b13-12+/t21?,22-,23+,26-/m1/s1. The summed E-state index contributed by atoms with van der Waals surface area (Å²) in [5.41, 5.74) is 0.854. The minimum Gasteiger partial charge on any atom is -0.508 e. The number of Topliss-reactive ketones (excluding diaryl/α,β-unsaturated/α-hetero) is 1. The largest absolute Gasteiger partial charge is 0.508 e. The number of hydrogen-bond acceptors (Lipinski definition) is 8. The Hall–Kier alpha value is -4.65. The van der Waals surface area contributed by atoms with Gasteiger partial charge in [-0.3, -0.25) is 24.0 Å². The zero-order valence-electron chi connectivity index (χ0n) is 22.3. The van der Waals surface area contributed by atoms with Crippen molar-refractivity contribution in [3.05, 3.63) is 71.8 Å². The maximum Gasteiger partial charge on any atom is 0.327 e. The van der Waals surface area contributed by atoms with Gasteiger partial charge in [0.15, 0.2) is 5.78 Å². The zero-order chi connectivity index (χ0) is 30.1. The molecule has 2 aliphatic heterocycles. The van der Waals surface area contributed by atoms with Gasteiger partial charge in [-0.05, 0) is 50.6 Å². The molecule has 2 heterocycles. The first-order valence-electron chi connectivity index (χ1n) is 12.5. The third-order valence-electron chi connectivity index (χ3n) is 6.70. The molecule has 0 radical (unpaired) electrons. The lowest BCUT2D eigenvalue weighted by Crippen LogP contribution is -2.71. The van der Waals surface area contributed by atoms with Crippen molar-refractivity contribution in [2.75, 3.05) is 5.32 Å². The van der Waals surface area contributed by atoms with Gasteiger partial charge in [0, 0.05) is 22.5 Å². The first kappa shape index (κ1) is 29.3. The number of carboxylic acids is 1. The predicted octanol–water partition coefficient (Wildman–Crippen LogP) is 1.58. The molecule has 1 unspecified atom stereocenters. The molecule has 2 fully saturated rings. The lowest BCUT2D eigenvalue weighted by molar-refractivity contribution is -0.161. The van der Waals surface area contributed by atoms with Crippen molar-refractivity contribution in [2.45, 2.75) is 49.0 Å². The smallest absolute Gasteiger partial charge is 0.327 e. The number of fused-ring (bicyclic) bond motifs is 1. The van der Waals surface area contributed by atoms with Gasteiger partial charge < -0.3 is 31.1 Å². The minimum absolute atomic E-state index is 0.0734. The molecular formula is C28H28N4O8S. The van der Waals surface area contributed by atoms with E-state index in [1.165, 1.54) is 47.9 Å². The lowest BCUT2D eigenvalue weighted by Gasteiger charge is -2.44. The number of rotatable bonds is 9. The number of aromatic hydroxyl groups is 1. The number of phenols is 1. The van der Waals surface area contributed by atoms with Crippen LogP contribution in [0.15, 0.2) is 60.7 Å². The van der Waals surface area contributed by atoms with Gasteiger partial charge in [-0.25, -0.2) is 4.79 Å². The highest BCUT2D eigenvalue weighted by atomic mass is 32.2. The number of anilines is 1. The normalized spacial score (nSPS) is 21.4. The second-order valence-electron chi connectivity index (χ2n) is 10.0. The summed E-state index contributed by atoms with van der Waals surface area (Å²) in [6.45, 7) is 4.78. The van der Waals surface area contributed by atoms with Crippen LogP contribution in [0.25, 0.3) is 0 Å². The average Bonchev–Trinajstić information content (AvgIpc) is 3.17. The van der Waals surface area contributed by atoms with Gasteiger partial charge in [0.1, 0.15) is 29.2 Å². The highest BCUT2D eigenvalue weighted by Gasteiger charge is 2.64. The summed E-state index contributed by atoms with van der Waals surface area (Å²) in [5, 5.41) is 26.3. The minimum atomic E-state index is -1.31. The fourth-order valence-electron chi connectivity index (χ4n) is 4.76. The molecule has 41 heavy (non-hydrogen) atoms. The highest BCUT2D eigenvalue weighted by Crippen LogP contribution is 2.50. The van der Waals surface area contributed by atoms with Crippen LogP contribution < -0.4 is 16.0 Å². The first-order valence-corrected chi connectivity index (χ1v) is 13.4. The summed E-state index contributed by atoms with van der Waals surface area (Å²) >= 11 is 1.26. The van der Waals surface area contributed by atoms with Gasteiger partial charge in [0.25, 0.3) is 0 Å². The van der Waals surface area contributed by atoms with Crippen LogP contribution in [0.1, 0.15) is 42.7 Å². The number of β-lactam (4-membered cyclic amide) rings is 1. The molecule has 0 aromatic heterocycles. The fourth-order valence-corrected chi connectivity index (χ4v) is 6.39. The Morgan fingerprint density at radius 1 is 1.00 bits per heavy atom. The van der Waals surface area contributed by atoms with E-state index in [0.29, 0.717) is 5.56 Å². The Bertz CT molecular complexity index is 1460. The third-order valence-corrected chi connectivity index (χ3v) is 8.27. The molecule has 2 saturated heterocycles. The number of carbonyl (C=O) groups is 6. The van der Waals surface area contributed by atoms with Crippen LogP contribution in [0.4, 0.5) is 5.69 Å². The lowest BCUT2D eigenvalue weighted by atomic mass is 9.95. The molecule has 0 bridgehead atoms. The van der Waals surface area contributed by atoms with Crippen molar-refractivity contribution in [3.8, 4) is 5.75 Å².